The second-order valence-electron chi connectivity index (χ2n) is 5.09. The van der Waals surface area contributed by atoms with Gasteiger partial charge in [-0.05, 0) is 0 Å². The maximum Gasteiger partial charge on any atom is 0.451 e. The number of alkyl halides is 6. The largest absolute Gasteiger partial charge is 0.479 e. The van der Waals surface area contributed by atoms with E-state index in [1.807, 2.05) is 0 Å². The van der Waals surface area contributed by atoms with E-state index in [9.17, 15) is 26.3 Å². The number of hydrogen-bond donors (Lipinski definition) is 2. The van der Waals surface area contributed by atoms with Gasteiger partial charge in [-0.2, -0.15) is 31.3 Å². The zero-order valence-electron chi connectivity index (χ0n) is 13.9. The van der Waals surface area contributed by atoms with Gasteiger partial charge in [0.05, 0.1) is 19.8 Å². The summed E-state index contributed by atoms with van der Waals surface area (Å²) in [4.78, 5) is 25.1. The Morgan fingerprint density at radius 2 is 1.28 bits per heavy atom. The molecule has 2 N–H and O–H groups in total. The molecule has 0 aliphatic carbocycles. The van der Waals surface area contributed by atoms with Crippen LogP contribution in [0, 0.1) is 0 Å². The van der Waals surface area contributed by atoms with E-state index in [0.29, 0.717) is 0 Å². The summed E-state index contributed by atoms with van der Waals surface area (Å²) in [6.45, 7) is 0. The molecule has 0 fully saturated rings. The van der Waals surface area contributed by atoms with Crippen LogP contribution < -0.4 is 4.74 Å². The minimum atomic E-state index is -4.61. The Morgan fingerprint density at radius 1 is 0.793 bits per heavy atom. The van der Waals surface area contributed by atoms with Crippen LogP contribution in [0.5, 0.6) is 5.88 Å². The summed E-state index contributed by atoms with van der Waals surface area (Å²) >= 11 is 5.49. The highest BCUT2D eigenvalue weighted by Crippen LogP contribution is 2.30. The first-order chi connectivity index (χ1) is 13.5. The fraction of sp³-hybridized carbons (Fsp3) is 0.231. The van der Waals surface area contributed by atoms with Gasteiger partial charge >= 0.3 is 12.4 Å². The van der Waals surface area contributed by atoms with Gasteiger partial charge in [0.15, 0.2) is 16.4 Å². The Kier molecular flexibility index (Phi) is 5.16. The molecule has 0 atom stereocenters. The lowest BCUT2D eigenvalue weighted by Crippen LogP contribution is -2.11. The molecule has 9 nitrogen and oxygen atoms in total. The van der Waals surface area contributed by atoms with Crippen LogP contribution in [-0.4, -0.2) is 47.0 Å². The van der Waals surface area contributed by atoms with E-state index in [4.69, 9.17) is 16.3 Å². The Bertz CT molecular complexity index is 1150. The molecule has 0 bridgehead atoms. The number of methoxy groups -OCH3 is 1. The molecule has 0 saturated heterocycles. The van der Waals surface area contributed by atoms with Crippen LogP contribution in [0.1, 0.15) is 11.6 Å². The summed E-state index contributed by atoms with van der Waals surface area (Å²) in [6, 6.07) is 0. The summed E-state index contributed by atoms with van der Waals surface area (Å²) in [5, 5.41) is -0.292. The van der Waals surface area contributed by atoms with Crippen LogP contribution in [0.25, 0.3) is 22.3 Å². The van der Waals surface area contributed by atoms with E-state index in [2.05, 4.69) is 39.9 Å². The number of aromatic amines is 2. The van der Waals surface area contributed by atoms with Crippen molar-refractivity contribution in [1.29, 1.82) is 0 Å². The van der Waals surface area contributed by atoms with Crippen molar-refractivity contribution in [1.82, 2.24) is 39.9 Å². The lowest BCUT2D eigenvalue weighted by Gasteiger charge is -2.06. The zero-order chi connectivity index (χ0) is 21.4. The minimum absolute atomic E-state index is 0.0748. The highest BCUT2D eigenvalue weighted by Gasteiger charge is 2.36. The number of halogens is 7. The Balaban J connectivity index is 0.000000166. The molecule has 0 unspecified atom stereocenters. The van der Waals surface area contributed by atoms with Crippen molar-refractivity contribution >= 4 is 33.9 Å². The maximum absolute atomic E-state index is 12.3. The van der Waals surface area contributed by atoms with Gasteiger partial charge in [-0.1, -0.05) is 11.6 Å². The van der Waals surface area contributed by atoms with Gasteiger partial charge in [-0.25, -0.2) is 24.9 Å². The Morgan fingerprint density at radius 3 is 1.79 bits per heavy atom. The predicted octanol–water partition coefficient (Wildman–Crippen LogP) is 3.41. The number of nitrogens with one attached hydrogen (secondary N) is 2. The van der Waals surface area contributed by atoms with Crippen molar-refractivity contribution in [2.75, 3.05) is 7.11 Å². The molecule has 16 heteroatoms. The number of ether oxygens (including phenoxy) is 1. The van der Waals surface area contributed by atoms with Gasteiger partial charge in [0, 0.05) is 0 Å². The second-order valence-corrected chi connectivity index (χ2v) is 5.45. The van der Waals surface area contributed by atoms with Crippen molar-refractivity contribution < 1.29 is 31.1 Å². The first-order valence-corrected chi connectivity index (χ1v) is 7.64. The molecule has 154 valence electrons. The number of fused-ring (bicyclic) bond motifs is 2. The zero-order valence-corrected chi connectivity index (χ0v) is 14.6. The van der Waals surface area contributed by atoms with E-state index >= 15 is 0 Å². The van der Waals surface area contributed by atoms with Gasteiger partial charge in [-0.15, -0.1) is 0 Å². The molecule has 0 radical (unpaired) electrons. The number of nitrogens with zero attached hydrogens (tertiary/aromatic N) is 6. The number of H-pyrrole nitrogens is 2. The van der Waals surface area contributed by atoms with Crippen molar-refractivity contribution in [2.24, 2.45) is 0 Å². The first kappa shape index (κ1) is 20.5. The summed E-state index contributed by atoms with van der Waals surface area (Å²) < 4.78 is 78.2. The highest BCUT2D eigenvalue weighted by molar-refractivity contribution is 6.33. The van der Waals surface area contributed by atoms with Crippen LogP contribution in [0.2, 0.25) is 5.15 Å². The van der Waals surface area contributed by atoms with Crippen molar-refractivity contribution in [3.05, 3.63) is 29.5 Å². The lowest BCUT2D eigenvalue weighted by atomic mass is 10.5. The molecule has 0 saturated carbocycles. The van der Waals surface area contributed by atoms with Gasteiger partial charge in [-0.3, -0.25) is 0 Å². The molecule has 0 aromatic carbocycles. The number of aromatic nitrogens is 8. The third-order valence-electron chi connectivity index (χ3n) is 3.19. The van der Waals surface area contributed by atoms with Crippen LogP contribution in [0.15, 0.2) is 12.7 Å². The van der Waals surface area contributed by atoms with E-state index in [-0.39, 0.29) is 33.4 Å². The average Bonchev–Trinajstić information content (AvgIpc) is 3.28. The quantitative estimate of drug-likeness (QED) is 0.344. The first-order valence-electron chi connectivity index (χ1n) is 7.27. The molecule has 29 heavy (non-hydrogen) atoms. The smallest absolute Gasteiger partial charge is 0.451 e. The molecular formula is C13H7ClF6N8O. The van der Waals surface area contributed by atoms with E-state index in [0.717, 1.165) is 0 Å². The van der Waals surface area contributed by atoms with Gasteiger partial charge in [0.1, 0.15) is 11.0 Å². The van der Waals surface area contributed by atoms with Crippen LogP contribution in [0.4, 0.5) is 26.3 Å². The third kappa shape index (κ3) is 4.28. The topological polar surface area (TPSA) is 118 Å². The standard InChI is InChI=1S/C7H5F3N4O.C6H2ClF3N4/c1-15-5-3-4(12-2-11-3)13-6(14-5)7(8,9)10;7-3-2-4(12-1-11-2)14-5(13-3)6(8,9)10/h2H,1H3,(H,11,12,13,14);1H,(H,11,12,13,14). The van der Waals surface area contributed by atoms with E-state index in [1.165, 1.54) is 19.8 Å². The normalized spacial score (nSPS) is 12.1. The predicted molar refractivity (Wildman–Crippen MR) is 84.9 cm³/mol. The van der Waals surface area contributed by atoms with E-state index < -0.39 is 24.0 Å². The van der Waals surface area contributed by atoms with Crippen molar-refractivity contribution in [3.8, 4) is 5.88 Å². The molecule has 0 amide bonds. The van der Waals surface area contributed by atoms with Crippen LogP contribution >= 0.6 is 11.6 Å². The number of rotatable bonds is 1. The van der Waals surface area contributed by atoms with Crippen LogP contribution in [-0.2, 0) is 12.4 Å². The lowest BCUT2D eigenvalue weighted by molar-refractivity contribution is -0.145. The number of imidazole rings is 2. The molecule has 4 aromatic heterocycles. The Labute approximate surface area is 160 Å². The van der Waals surface area contributed by atoms with Crippen molar-refractivity contribution in [2.45, 2.75) is 12.4 Å². The maximum atomic E-state index is 12.3. The molecule has 4 rings (SSSR count). The second kappa shape index (κ2) is 7.31. The molecule has 0 spiro atoms. The summed E-state index contributed by atoms with van der Waals surface area (Å²) in [5.74, 6) is -2.73. The fourth-order valence-corrected chi connectivity index (χ4v) is 2.22. The summed E-state index contributed by atoms with van der Waals surface area (Å²) in [5.41, 5.74) is 0.261. The third-order valence-corrected chi connectivity index (χ3v) is 3.47. The van der Waals surface area contributed by atoms with Crippen LogP contribution in [0.3, 0.4) is 0 Å². The molecule has 0 aliphatic heterocycles. The fourth-order valence-electron chi connectivity index (χ4n) is 2.01. The average molecular weight is 441 g/mol. The molecular weight excluding hydrogens is 434 g/mol. The monoisotopic (exact) mass is 440 g/mol. The highest BCUT2D eigenvalue weighted by atomic mass is 35.5. The molecule has 4 aromatic rings. The van der Waals surface area contributed by atoms with Gasteiger partial charge < -0.3 is 14.7 Å². The summed E-state index contributed by atoms with van der Waals surface area (Å²) in [6.07, 6.45) is -6.80. The molecule has 0 aliphatic rings. The van der Waals surface area contributed by atoms with Crippen molar-refractivity contribution in [3.63, 3.8) is 0 Å². The minimum Gasteiger partial charge on any atom is -0.479 e. The summed E-state index contributed by atoms with van der Waals surface area (Å²) in [7, 11) is 1.22. The number of hydrogen-bond acceptors (Lipinski definition) is 7. The Hall–Kier alpha value is -3.23. The van der Waals surface area contributed by atoms with Gasteiger partial charge in [0.25, 0.3) is 0 Å². The van der Waals surface area contributed by atoms with E-state index in [1.54, 1.807) is 0 Å². The SMILES string of the molecule is COc1nc(C(F)(F)F)nc2nc[nH]c12.FC(F)(F)c1nc(Cl)c2[nH]cnc2n1. The van der Waals surface area contributed by atoms with Gasteiger partial charge in [0.2, 0.25) is 17.5 Å². The molecule has 4 heterocycles.